The maximum absolute atomic E-state index is 13.6. The van der Waals surface area contributed by atoms with Gasteiger partial charge < -0.3 is 14.2 Å². The number of fused-ring (bicyclic) bond motifs is 4. The van der Waals surface area contributed by atoms with Gasteiger partial charge in [0.1, 0.15) is 12.4 Å². The lowest BCUT2D eigenvalue weighted by Crippen LogP contribution is -2.47. The highest BCUT2D eigenvalue weighted by atomic mass is 32.2. The van der Waals surface area contributed by atoms with Crippen molar-refractivity contribution in [2.45, 2.75) is 83.3 Å². The lowest BCUT2D eigenvalue weighted by molar-refractivity contribution is 0.0979. The van der Waals surface area contributed by atoms with E-state index in [0.29, 0.717) is 37.7 Å². The van der Waals surface area contributed by atoms with Crippen LogP contribution in [-0.2, 0) is 23.3 Å². The van der Waals surface area contributed by atoms with Crippen LogP contribution in [0.15, 0.2) is 36.4 Å². The number of para-hydroxylation sites is 1. The molecule has 1 atom stereocenters. The molecule has 1 N–H and O–H groups in total. The zero-order valence-corrected chi connectivity index (χ0v) is 30.4. The molecular formula is C38H54N6O4S. The van der Waals surface area contributed by atoms with Crippen molar-refractivity contribution in [3.63, 3.8) is 0 Å². The molecule has 4 bridgehead atoms. The van der Waals surface area contributed by atoms with Crippen molar-refractivity contribution in [2.24, 2.45) is 0 Å². The fourth-order valence-electron chi connectivity index (χ4n) is 8.50. The third-order valence-corrected chi connectivity index (χ3v) is 13.0. The summed E-state index contributed by atoms with van der Waals surface area (Å²) in [5.74, 6) is 0.793. The number of carbonyl (C=O) groups excluding carboxylic acids is 1. The van der Waals surface area contributed by atoms with Gasteiger partial charge in [-0.05, 0) is 82.0 Å². The molecule has 11 heteroatoms. The molecule has 10 nitrogen and oxygen atoms in total. The first-order valence-corrected chi connectivity index (χ1v) is 20.0. The third-order valence-electron chi connectivity index (χ3n) is 11.6. The maximum Gasteiger partial charge on any atom is 0.303 e. The number of hydrogen-bond acceptors (Lipinski definition) is 7. The number of benzene rings is 2. The molecule has 7 rings (SSSR count). The van der Waals surface area contributed by atoms with Gasteiger partial charge in [0.25, 0.3) is 5.91 Å². The van der Waals surface area contributed by atoms with E-state index in [-0.39, 0.29) is 6.04 Å². The zero-order valence-electron chi connectivity index (χ0n) is 29.6. The van der Waals surface area contributed by atoms with Crippen LogP contribution in [-0.4, -0.2) is 110 Å². The number of aromatic nitrogens is 1. The molecule has 3 aliphatic heterocycles. The average molecular weight is 691 g/mol. The van der Waals surface area contributed by atoms with E-state index in [9.17, 15) is 13.2 Å². The molecular weight excluding hydrogens is 637 g/mol. The Labute approximate surface area is 292 Å². The summed E-state index contributed by atoms with van der Waals surface area (Å²) in [5.41, 5.74) is 6.27. The second-order valence-electron chi connectivity index (χ2n) is 14.7. The quantitative estimate of drug-likeness (QED) is 0.399. The normalized spacial score (nSPS) is 24.0. The molecule has 1 aliphatic carbocycles. The number of likely N-dealkylation sites (tertiary alicyclic amines) is 1. The largest absolute Gasteiger partial charge is 0.491 e. The van der Waals surface area contributed by atoms with Crippen molar-refractivity contribution >= 4 is 27.0 Å². The second kappa shape index (κ2) is 14.7. The van der Waals surface area contributed by atoms with E-state index >= 15 is 0 Å². The summed E-state index contributed by atoms with van der Waals surface area (Å²) in [5, 5.41) is 1.16. The van der Waals surface area contributed by atoms with Crippen LogP contribution in [0.1, 0.15) is 85.7 Å². The van der Waals surface area contributed by atoms with Gasteiger partial charge in [-0.1, -0.05) is 50.8 Å². The molecule has 2 fully saturated rings. The first-order chi connectivity index (χ1) is 23.7. The zero-order chi connectivity index (χ0) is 34.1. The lowest BCUT2D eigenvalue weighted by atomic mass is 9.81. The van der Waals surface area contributed by atoms with Crippen molar-refractivity contribution in [3.05, 3.63) is 53.1 Å². The molecule has 1 amide bonds. The van der Waals surface area contributed by atoms with Gasteiger partial charge in [0.05, 0.1) is 11.7 Å². The Morgan fingerprint density at radius 3 is 2.41 bits per heavy atom. The van der Waals surface area contributed by atoms with Crippen LogP contribution in [0.25, 0.3) is 22.2 Å². The molecule has 0 spiro atoms. The van der Waals surface area contributed by atoms with Crippen molar-refractivity contribution < 1.29 is 17.9 Å². The Kier molecular flexibility index (Phi) is 10.4. The van der Waals surface area contributed by atoms with E-state index in [1.165, 1.54) is 66.7 Å². The van der Waals surface area contributed by atoms with E-state index in [1.807, 2.05) is 12.1 Å². The van der Waals surface area contributed by atoms with Crippen LogP contribution in [0.3, 0.4) is 0 Å². The predicted molar refractivity (Wildman–Crippen MR) is 195 cm³/mol. The number of nitrogens with one attached hydrogen (secondary N) is 1. The van der Waals surface area contributed by atoms with Crippen molar-refractivity contribution in [1.82, 2.24) is 28.3 Å². The molecule has 266 valence electrons. The molecule has 4 heterocycles. The Hall–Kier alpha value is -2.96. The SMILES string of the molecule is CCN1CCN(C)C2COc3c(CN4CCCCC4)cccc3-c3c(C4CCCCC4)c4ccc(cc4n3C2)C(=O)NS(=O)(=O)N(C)CC1. The van der Waals surface area contributed by atoms with Gasteiger partial charge in [0.2, 0.25) is 0 Å². The van der Waals surface area contributed by atoms with E-state index < -0.39 is 16.1 Å². The summed E-state index contributed by atoms with van der Waals surface area (Å²) in [4.78, 5) is 20.9. The Bertz CT molecular complexity index is 1760. The third kappa shape index (κ3) is 7.15. The average Bonchev–Trinajstić information content (AvgIpc) is 3.41. The number of hydrogen-bond donors (Lipinski definition) is 1. The summed E-state index contributed by atoms with van der Waals surface area (Å²) in [6.45, 7) is 9.79. The van der Waals surface area contributed by atoms with Crippen LogP contribution in [0.4, 0.5) is 0 Å². The van der Waals surface area contributed by atoms with Crippen LogP contribution in [0, 0.1) is 0 Å². The number of likely N-dealkylation sites (N-methyl/N-ethyl adjacent to an activating group) is 3. The number of ether oxygens (including phenoxy) is 1. The van der Waals surface area contributed by atoms with Gasteiger partial charge in [-0.2, -0.15) is 12.7 Å². The number of rotatable bonds is 4. The number of amides is 1. The van der Waals surface area contributed by atoms with E-state index in [2.05, 4.69) is 62.2 Å². The molecule has 2 aromatic carbocycles. The van der Waals surface area contributed by atoms with E-state index in [1.54, 1.807) is 0 Å². The van der Waals surface area contributed by atoms with Crippen LogP contribution >= 0.6 is 0 Å². The van der Waals surface area contributed by atoms with E-state index in [0.717, 1.165) is 74.3 Å². The molecule has 49 heavy (non-hydrogen) atoms. The van der Waals surface area contributed by atoms with Crippen LogP contribution in [0.5, 0.6) is 5.75 Å². The van der Waals surface area contributed by atoms with Gasteiger partial charge in [-0.25, -0.2) is 4.72 Å². The van der Waals surface area contributed by atoms with Gasteiger partial charge in [0.15, 0.2) is 0 Å². The number of carbonyl (C=O) groups is 1. The topological polar surface area (TPSA) is 90.4 Å². The highest BCUT2D eigenvalue weighted by molar-refractivity contribution is 7.87. The Morgan fingerprint density at radius 1 is 0.878 bits per heavy atom. The van der Waals surface area contributed by atoms with Crippen molar-refractivity contribution in [1.29, 1.82) is 0 Å². The summed E-state index contributed by atoms with van der Waals surface area (Å²) in [6.07, 6.45) is 9.74. The van der Waals surface area contributed by atoms with Crippen molar-refractivity contribution in [3.8, 4) is 17.0 Å². The first kappa shape index (κ1) is 34.5. The summed E-state index contributed by atoms with van der Waals surface area (Å²) >= 11 is 0. The van der Waals surface area contributed by atoms with Crippen LogP contribution in [0.2, 0.25) is 0 Å². The Morgan fingerprint density at radius 2 is 1.63 bits per heavy atom. The number of piperidine rings is 1. The fourth-order valence-corrected chi connectivity index (χ4v) is 9.33. The molecule has 1 aromatic heterocycles. The highest BCUT2D eigenvalue weighted by Crippen LogP contribution is 2.48. The summed E-state index contributed by atoms with van der Waals surface area (Å²) in [7, 11) is -0.284. The summed E-state index contributed by atoms with van der Waals surface area (Å²) in [6, 6.07) is 12.6. The lowest BCUT2D eigenvalue weighted by Gasteiger charge is -2.35. The van der Waals surface area contributed by atoms with Gasteiger partial charge in [-0.15, -0.1) is 0 Å². The van der Waals surface area contributed by atoms with Crippen LogP contribution < -0.4 is 9.46 Å². The smallest absolute Gasteiger partial charge is 0.303 e. The van der Waals surface area contributed by atoms with Gasteiger partial charge in [-0.3, -0.25) is 14.6 Å². The minimum Gasteiger partial charge on any atom is -0.491 e. The monoisotopic (exact) mass is 690 g/mol. The Balaban J connectivity index is 1.43. The van der Waals surface area contributed by atoms with E-state index in [4.69, 9.17) is 4.74 Å². The molecule has 4 aliphatic rings. The second-order valence-corrected chi connectivity index (χ2v) is 16.5. The standard InChI is InChI=1S/C38H54N6O4S/c1-4-42-22-20-40(2)31-26-44-34-24-29(38(45)39-49(46,47)41(3)21-23-42)16-17-32(34)35(28-12-7-5-8-13-28)36(44)33-15-11-14-30(37(33)48-27-31)25-43-18-9-6-10-19-43/h11,14-17,24,28,31H,4-10,12-13,18-23,25-27H2,1-3H3,(H,39,45). The van der Waals surface area contributed by atoms with Gasteiger partial charge in [0, 0.05) is 73.9 Å². The molecule has 3 aromatic rings. The minimum atomic E-state index is -4.01. The predicted octanol–water partition coefficient (Wildman–Crippen LogP) is 5.28. The molecule has 1 saturated carbocycles. The summed E-state index contributed by atoms with van der Waals surface area (Å²) < 4.78 is 39.6. The minimum absolute atomic E-state index is 0.0943. The maximum atomic E-state index is 13.6. The fraction of sp³-hybridized carbons (Fsp3) is 0.605. The van der Waals surface area contributed by atoms with Gasteiger partial charge >= 0.3 is 10.2 Å². The molecule has 1 saturated heterocycles. The highest BCUT2D eigenvalue weighted by Gasteiger charge is 2.33. The molecule has 1 unspecified atom stereocenters. The first-order valence-electron chi connectivity index (χ1n) is 18.6. The molecule has 0 radical (unpaired) electrons. The number of nitrogens with zero attached hydrogens (tertiary/aromatic N) is 5. The van der Waals surface area contributed by atoms with Crippen molar-refractivity contribution in [2.75, 3.05) is 66.5 Å².